The number of amides is 1. The number of rotatable bonds is 19. The van der Waals surface area contributed by atoms with Crippen LogP contribution in [0.1, 0.15) is 105 Å². The van der Waals surface area contributed by atoms with E-state index in [4.69, 9.17) is 31.3 Å². The number of benzene rings is 1. The Morgan fingerprint density at radius 2 is 1.70 bits per heavy atom. The lowest BCUT2D eigenvalue weighted by Gasteiger charge is -2.39. The van der Waals surface area contributed by atoms with Crippen LogP contribution < -0.4 is 29.9 Å². The summed E-state index contributed by atoms with van der Waals surface area (Å²) in [5.41, 5.74) is 3.95. The van der Waals surface area contributed by atoms with E-state index in [2.05, 4.69) is 75.4 Å². The molecular formula is C52H68ClN13O4. The molecule has 0 radical (unpaired) electrons. The van der Waals surface area contributed by atoms with Gasteiger partial charge in [-0.05, 0) is 101 Å². The molecule has 0 spiro atoms. The van der Waals surface area contributed by atoms with Crippen molar-refractivity contribution < 1.29 is 19.4 Å². The van der Waals surface area contributed by atoms with Crippen molar-refractivity contribution in [2.75, 3.05) is 87.2 Å². The van der Waals surface area contributed by atoms with Crippen molar-refractivity contribution in [3.05, 3.63) is 88.5 Å². The van der Waals surface area contributed by atoms with Crippen molar-refractivity contribution >= 4 is 40.7 Å². The number of nitrogens with zero attached hydrogens (tertiary/aromatic N) is 11. The Bertz CT molecular complexity index is 2510. The number of piperazine rings is 1. The molecule has 1 aliphatic carbocycles. The van der Waals surface area contributed by atoms with Gasteiger partial charge < -0.3 is 44.8 Å². The standard InChI is InChI=1S/C52H68ClN13O4/c1-2-39-35-59-66-47(29-48(61-50(39)66)65-19-4-3-6-43(65)17-26-67)55-31-38-7-14-49(56-32-38)69-27-5-18-62-22-24-63(25-23-62)36-37-15-20-64(21-16-37)52-57-33-41(34-58-52)51(68)60-42-9-12-44(13-10-42)70-45-11-8-40(30-54)46(53)28-45/h7-8,11,14,28-29,32-35,37,42-44,55,67H,2-6,9-10,12-13,15-27,31,36H2,1H3,(H,60,68)/t42?,43-,44?/m0/s1. The molecule has 0 bridgehead atoms. The summed E-state index contributed by atoms with van der Waals surface area (Å²) in [6.07, 6.45) is 18.5. The van der Waals surface area contributed by atoms with E-state index < -0.39 is 0 Å². The monoisotopic (exact) mass is 974 g/mol. The number of aromatic nitrogens is 6. The third kappa shape index (κ3) is 12.6. The number of piperidine rings is 2. The molecule has 17 nitrogen and oxygen atoms in total. The van der Waals surface area contributed by atoms with Crippen LogP contribution in [0, 0.1) is 17.2 Å². The number of aryl methyl sites for hydroxylation is 1. The van der Waals surface area contributed by atoms with Crippen LogP contribution in [0.3, 0.4) is 0 Å². The fourth-order valence-electron chi connectivity index (χ4n) is 10.5. The fourth-order valence-corrected chi connectivity index (χ4v) is 10.7. The van der Waals surface area contributed by atoms with Gasteiger partial charge in [0.05, 0.1) is 35.1 Å². The quantitative estimate of drug-likeness (QED) is 0.0736. The Morgan fingerprint density at radius 1 is 0.900 bits per heavy atom. The molecule has 0 unspecified atom stereocenters. The smallest absolute Gasteiger partial charge is 0.254 e. The number of nitrogens with one attached hydrogen (secondary N) is 2. The molecule has 3 saturated heterocycles. The van der Waals surface area contributed by atoms with Crippen LogP contribution in [0.4, 0.5) is 17.6 Å². The Morgan fingerprint density at radius 3 is 2.43 bits per heavy atom. The third-order valence-corrected chi connectivity index (χ3v) is 14.9. The molecule has 1 saturated carbocycles. The summed E-state index contributed by atoms with van der Waals surface area (Å²) in [5.74, 6) is 4.33. The van der Waals surface area contributed by atoms with Gasteiger partial charge in [0.1, 0.15) is 23.5 Å². The first-order valence-corrected chi connectivity index (χ1v) is 26.0. The van der Waals surface area contributed by atoms with Crippen molar-refractivity contribution in [3.8, 4) is 17.7 Å². The van der Waals surface area contributed by atoms with E-state index in [0.29, 0.717) is 58.8 Å². The minimum absolute atomic E-state index is 0.0413. The van der Waals surface area contributed by atoms with Gasteiger partial charge in [0.25, 0.3) is 5.91 Å². The second-order valence-electron chi connectivity index (χ2n) is 19.3. The Balaban J connectivity index is 0.638. The molecule has 5 aromatic rings. The normalized spacial score (nSPS) is 20.6. The van der Waals surface area contributed by atoms with Crippen molar-refractivity contribution in [1.29, 1.82) is 5.26 Å². The van der Waals surface area contributed by atoms with E-state index in [9.17, 15) is 9.90 Å². The highest BCUT2D eigenvalue weighted by atomic mass is 35.5. The minimum atomic E-state index is -0.146. The largest absolute Gasteiger partial charge is 0.490 e. The maximum Gasteiger partial charge on any atom is 0.254 e. The lowest BCUT2D eigenvalue weighted by atomic mass is 9.92. The number of carbonyl (C=O) groups is 1. The second-order valence-corrected chi connectivity index (χ2v) is 19.7. The number of hydrogen-bond donors (Lipinski definition) is 3. The molecule has 3 N–H and O–H groups in total. The molecule has 1 atom stereocenters. The van der Waals surface area contributed by atoms with Gasteiger partial charge in [-0.2, -0.15) is 14.9 Å². The van der Waals surface area contributed by atoms with Gasteiger partial charge >= 0.3 is 0 Å². The molecule has 7 heterocycles. The van der Waals surface area contributed by atoms with Crippen LogP contribution in [-0.4, -0.2) is 141 Å². The van der Waals surface area contributed by atoms with Gasteiger partial charge in [0.2, 0.25) is 11.8 Å². The average molecular weight is 975 g/mol. The Kier molecular flexibility index (Phi) is 16.8. The van der Waals surface area contributed by atoms with E-state index >= 15 is 0 Å². The van der Waals surface area contributed by atoms with E-state index in [1.165, 1.54) is 6.42 Å². The molecular weight excluding hydrogens is 906 g/mol. The number of halogens is 1. The lowest BCUT2D eigenvalue weighted by molar-refractivity contribution is 0.0893. The van der Waals surface area contributed by atoms with Gasteiger partial charge in [-0.15, -0.1) is 0 Å². The van der Waals surface area contributed by atoms with Crippen LogP contribution in [0.15, 0.2) is 61.2 Å². The zero-order valence-electron chi connectivity index (χ0n) is 40.5. The number of ether oxygens (including phenoxy) is 2. The summed E-state index contributed by atoms with van der Waals surface area (Å²) >= 11 is 6.17. The first-order valence-electron chi connectivity index (χ1n) is 25.6. The predicted octanol–water partition coefficient (Wildman–Crippen LogP) is 6.78. The maximum absolute atomic E-state index is 13.1. The van der Waals surface area contributed by atoms with Gasteiger partial charge in [0, 0.05) is 126 Å². The van der Waals surface area contributed by atoms with Crippen LogP contribution in [0.5, 0.6) is 11.6 Å². The highest BCUT2D eigenvalue weighted by Crippen LogP contribution is 2.31. The van der Waals surface area contributed by atoms with E-state index in [1.54, 1.807) is 30.6 Å². The van der Waals surface area contributed by atoms with Crippen LogP contribution in [0.2, 0.25) is 5.02 Å². The highest BCUT2D eigenvalue weighted by Gasteiger charge is 2.28. The molecule has 1 amide bonds. The summed E-state index contributed by atoms with van der Waals surface area (Å²) in [5, 5.41) is 30.7. The number of aliphatic hydroxyl groups is 1. The molecule has 4 aliphatic rings. The minimum Gasteiger partial charge on any atom is -0.490 e. The molecule has 4 aromatic heterocycles. The fraction of sp³-hybridized carbons (Fsp3) is 0.558. The van der Waals surface area contributed by atoms with Crippen LogP contribution in [-0.2, 0) is 13.0 Å². The van der Waals surface area contributed by atoms with Crippen LogP contribution >= 0.6 is 11.6 Å². The summed E-state index contributed by atoms with van der Waals surface area (Å²) in [6, 6.07) is 13.7. The number of fused-ring (bicyclic) bond motifs is 1. The molecule has 3 aliphatic heterocycles. The predicted molar refractivity (Wildman–Crippen MR) is 271 cm³/mol. The number of pyridine rings is 1. The number of hydrogen-bond acceptors (Lipinski definition) is 15. The van der Waals surface area contributed by atoms with Gasteiger partial charge in [0.15, 0.2) is 5.65 Å². The topological polar surface area (TPSA) is 185 Å². The molecule has 70 heavy (non-hydrogen) atoms. The Hall–Kier alpha value is -5.80. The lowest BCUT2D eigenvalue weighted by Crippen LogP contribution is -2.49. The van der Waals surface area contributed by atoms with Gasteiger partial charge in [-0.1, -0.05) is 24.6 Å². The number of carbonyl (C=O) groups excluding carboxylic acids is 1. The summed E-state index contributed by atoms with van der Waals surface area (Å²) in [6.45, 7) is 12.8. The highest BCUT2D eigenvalue weighted by molar-refractivity contribution is 6.31. The summed E-state index contributed by atoms with van der Waals surface area (Å²) in [4.78, 5) is 41.8. The SMILES string of the molecule is CCc1cnn2c(NCc3ccc(OCCCN4CCN(CC5CCN(c6ncc(C(=O)NC7CCC(Oc8ccc(C#N)c(Cl)c8)CC7)cn6)CC5)CC4)nc3)cc(N3CCCC[C@H]3CCO)nc12. The van der Waals surface area contributed by atoms with Gasteiger partial charge in [-0.25, -0.2) is 19.9 Å². The van der Waals surface area contributed by atoms with Crippen LogP contribution in [0.25, 0.3) is 5.65 Å². The summed E-state index contributed by atoms with van der Waals surface area (Å²) in [7, 11) is 0. The zero-order chi connectivity index (χ0) is 48.2. The van der Waals surface area contributed by atoms with E-state index in [1.807, 2.05) is 23.0 Å². The summed E-state index contributed by atoms with van der Waals surface area (Å²) < 4.78 is 14.1. The van der Waals surface area contributed by atoms with Crippen molar-refractivity contribution in [2.24, 2.45) is 5.92 Å². The van der Waals surface area contributed by atoms with Gasteiger partial charge in [-0.3, -0.25) is 4.79 Å². The van der Waals surface area contributed by atoms with E-state index in [0.717, 1.165) is 158 Å². The molecule has 9 rings (SSSR count). The maximum atomic E-state index is 13.1. The second kappa shape index (κ2) is 23.9. The van der Waals surface area contributed by atoms with E-state index in [-0.39, 0.29) is 24.7 Å². The van der Waals surface area contributed by atoms with Crippen molar-refractivity contribution in [2.45, 2.75) is 109 Å². The van der Waals surface area contributed by atoms with Crippen molar-refractivity contribution in [3.63, 3.8) is 0 Å². The number of anilines is 3. The number of aliphatic hydroxyl groups excluding tert-OH is 1. The molecule has 18 heteroatoms. The zero-order valence-corrected chi connectivity index (χ0v) is 41.3. The first-order chi connectivity index (χ1) is 34.3. The Labute approximate surface area is 416 Å². The average Bonchev–Trinajstić information content (AvgIpc) is 3.82. The molecule has 1 aromatic carbocycles. The molecule has 4 fully saturated rings. The number of nitriles is 1. The third-order valence-electron chi connectivity index (χ3n) is 14.6. The molecule has 372 valence electrons. The first kappa shape index (κ1) is 49.2. The van der Waals surface area contributed by atoms with Crippen molar-refractivity contribution in [1.82, 2.24) is 44.7 Å².